The van der Waals surface area contributed by atoms with Crippen molar-refractivity contribution in [2.24, 2.45) is 5.92 Å². The lowest BCUT2D eigenvalue weighted by molar-refractivity contribution is 0.438. The zero-order valence-electron chi connectivity index (χ0n) is 6.77. The molecule has 1 unspecified atom stereocenters. The molecule has 0 radical (unpaired) electrons. The van der Waals surface area contributed by atoms with Gasteiger partial charge in [0.05, 0.1) is 0 Å². The average Bonchev–Trinajstić information content (AvgIpc) is 2.03. The first-order valence-electron chi connectivity index (χ1n) is 4.31. The third kappa shape index (κ3) is 2.53. The molecule has 1 heteroatoms. The zero-order valence-corrected chi connectivity index (χ0v) is 6.77. The molecule has 1 heterocycles. The maximum absolute atomic E-state index is 3.39. The second kappa shape index (κ2) is 4.51. The molecule has 0 amide bonds. The molecule has 1 saturated heterocycles. The Bertz CT molecular complexity index is 101. The molecule has 10 heavy (non-hydrogen) atoms. The lowest BCUT2D eigenvalue weighted by atomic mass is 9.99. The maximum Gasteiger partial charge on any atom is 0.00142 e. The summed E-state index contributed by atoms with van der Waals surface area (Å²) in [5.74, 6) is 0.814. The number of hydrogen-bond acceptors (Lipinski definition) is 1. The minimum absolute atomic E-state index is 0.814. The molecule has 1 nitrogen and oxygen atoms in total. The number of piperidine rings is 1. The summed E-state index contributed by atoms with van der Waals surface area (Å²) in [6.07, 6.45) is 8.53. The van der Waals surface area contributed by atoms with Crippen molar-refractivity contribution in [1.82, 2.24) is 5.32 Å². The Morgan fingerprint density at radius 2 is 2.50 bits per heavy atom. The molecule has 0 saturated carbocycles. The van der Waals surface area contributed by atoms with Crippen molar-refractivity contribution in [3.05, 3.63) is 12.2 Å². The van der Waals surface area contributed by atoms with E-state index in [2.05, 4.69) is 24.4 Å². The molecular formula is C9H17N. The quantitative estimate of drug-likeness (QED) is 0.577. The van der Waals surface area contributed by atoms with Crippen molar-refractivity contribution in [3.8, 4) is 0 Å². The number of hydrogen-bond donors (Lipinski definition) is 1. The Morgan fingerprint density at radius 3 is 3.10 bits per heavy atom. The molecule has 0 aliphatic carbocycles. The van der Waals surface area contributed by atoms with Crippen molar-refractivity contribution in [2.75, 3.05) is 13.1 Å². The molecule has 1 fully saturated rings. The van der Waals surface area contributed by atoms with Gasteiger partial charge in [-0.2, -0.15) is 0 Å². The van der Waals surface area contributed by atoms with Crippen LogP contribution < -0.4 is 5.32 Å². The molecule has 0 spiro atoms. The van der Waals surface area contributed by atoms with E-state index in [1.165, 1.54) is 32.4 Å². The van der Waals surface area contributed by atoms with Gasteiger partial charge in [0, 0.05) is 6.54 Å². The van der Waals surface area contributed by atoms with Gasteiger partial charge in [0.2, 0.25) is 0 Å². The highest BCUT2D eigenvalue weighted by atomic mass is 14.9. The van der Waals surface area contributed by atoms with Crippen LogP contribution in [-0.4, -0.2) is 13.1 Å². The van der Waals surface area contributed by atoms with Crippen molar-refractivity contribution in [1.29, 1.82) is 0 Å². The summed E-state index contributed by atoms with van der Waals surface area (Å²) >= 11 is 0. The minimum atomic E-state index is 0.814. The Kier molecular flexibility index (Phi) is 3.52. The third-order valence-electron chi connectivity index (χ3n) is 1.98. The summed E-state index contributed by atoms with van der Waals surface area (Å²) in [6.45, 7) is 4.60. The van der Waals surface area contributed by atoms with E-state index in [0.717, 1.165) is 5.92 Å². The van der Waals surface area contributed by atoms with Crippen LogP contribution in [0.15, 0.2) is 12.2 Å². The van der Waals surface area contributed by atoms with Gasteiger partial charge in [0.1, 0.15) is 0 Å². The molecule has 1 atom stereocenters. The predicted octanol–water partition coefficient (Wildman–Crippen LogP) is 1.95. The van der Waals surface area contributed by atoms with Crippen LogP contribution in [0.4, 0.5) is 0 Å². The van der Waals surface area contributed by atoms with E-state index in [1.54, 1.807) is 0 Å². The monoisotopic (exact) mass is 139 g/mol. The maximum atomic E-state index is 3.39. The van der Waals surface area contributed by atoms with Crippen LogP contribution in [-0.2, 0) is 0 Å². The largest absolute Gasteiger partial charge is 0.316 e. The predicted molar refractivity (Wildman–Crippen MR) is 45.0 cm³/mol. The number of rotatable bonds is 2. The highest BCUT2D eigenvalue weighted by Gasteiger charge is 2.07. The molecule has 0 aromatic heterocycles. The molecule has 1 rings (SSSR count). The van der Waals surface area contributed by atoms with E-state index in [9.17, 15) is 0 Å². The minimum Gasteiger partial charge on any atom is -0.316 e. The second-order valence-electron chi connectivity index (χ2n) is 2.94. The summed E-state index contributed by atoms with van der Waals surface area (Å²) in [6, 6.07) is 0. The van der Waals surface area contributed by atoms with Crippen LogP contribution in [0.3, 0.4) is 0 Å². The van der Waals surface area contributed by atoms with Crippen LogP contribution in [0, 0.1) is 5.92 Å². The molecule has 0 bridgehead atoms. The van der Waals surface area contributed by atoms with Gasteiger partial charge in [-0.15, -0.1) is 0 Å². The Labute approximate surface area is 63.5 Å². The first-order chi connectivity index (χ1) is 4.93. The van der Waals surface area contributed by atoms with Crippen molar-refractivity contribution in [2.45, 2.75) is 26.2 Å². The standard InChI is InChI=1S/C9H17N/c1-2-3-5-9-6-4-7-10-8-9/h3,5,9-10H,2,4,6-8H2,1H3. The van der Waals surface area contributed by atoms with E-state index >= 15 is 0 Å². The Morgan fingerprint density at radius 1 is 1.60 bits per heavy atom. The van der Waals surface area contributed by atoms with Gasteiger partial charge in [0.25, 0.3) is 0 Å². The molecule has 0 aromatic carbocycles. The third-order valence-corrected chi connectivity index (χ3v) is 1.98. The van der Waals surface area contributed by atoms with Crippen LogP contribution >= 0.6 is 0 Å². The fourth-order valence-electron chi connectivity index (χ4n) is 1.37. The van der Waals surface area contributed by atoms with Gasteiger partial charge in [-0.05, 0) is 31.7 Å². The first-order valence-corrected chi connectivity index (χ1v) is 4.31. The molecular weight excluding hydrogens is 122 g/mol. The average molecular weight is 139 g/mol. The van der Waals surface area contributed by atoms with E-state index < -0.39 is 0 Å². The van der Waals surface area contributed by atoms with E-state index in [0.29, 0.717) is 0 Å². The number of allylic oxidation sites excluding steroid dienone is 1. The van der Waals surface area contributed by atoms with Crippen LogP contribution in [0.1, 0.15) is 26.2 Å². The van der Waals surface area contributed by atoms with Crippen LogP contribution in [0.25, 0.3) is 0 Å². The van der Waals surface area contributed by atoms with Crippen LogP contribution in [0.2, 0.25) is 0 Å². The normalized spacial score (nSPS) is 27.5. The van der Waals surface area contributed by atoms with E-state index in [-0.39, 0.29) is 0 Å². The topological polar surface area (TPSA) is 12.0 Å². The van der Waals surface area contributed by atoms with Gasteiger partial charge in [-0.25, -0.2) is 0 Å². The van der Waals surface area contributed by atoms with Gasteiger partial charge >= 0.3 is 0 Å². The molecule has 0 aromatic rings. The van der Waals surface area contributed by atoms with Crippen molar-refractivity contribution >= 4 is 0 Å². The molecule has 1 N–H and O–H groups in total. The van der Waals surface area contributed by atoms with Gasteiger partial charge in [-0.1, -0.05) is 19.1 Å². The summed E-state index contributed by atoms with van der Waals surface area (Å²) < 4.78 is 0. The fourth-order valence-corrected chi connectivity index (χ4v) is 1.37. The fraction of sp³-hybridized carbons (Fsp3) is 0.778. The highest BCUT2D eigenvalue weighted by Crippen LogP contribution is 2.10. The second-order valence-corrected chi connectivity index (χ2v) is 2.94. The van der Waals surface area contributed by atoms with Gasteiger partial charge in [-0.3, -0.25) is 0 Å². The SMILES string of the molecule is CCC=CC1CCCNC1. The Hall–Kier alpha value is -0.300. The Balaban J connectivity index is 2.19. The summed E-state index contributed by atoms with van der Waals surface area (Å²) in [5.41, 5.74) is 0. The first kappa shape index (κ1) is 7.80. The lowest BCUT2D eigenvalue weighted by Crippen LogP contribution is -2.28. The molecule has 1 aliphatic rings. The zero-order chi connectivity index (χ0) is 7.23. The summed E-state index contributed by atoms with van der Waals surface area (Å²) in [4.78, 5) is 0. The summed E-state index contributed by atoms with van der Waals surface area (Å²) in [5, 5.41) is 3.39. The molecule has 58 valence electrons. The number of nitrogens with one attached hydrogen (secondary N) is 1. The lowest BCUT2D eigenvalue weighted by Gasteiger charge is -2.19. The van der Waals surface area contributed by atoms with Gasteiger partial charge in [0.15, 0.2) is 0 Å². The smallest absolute Gasteiger partial charge is 0.00142 e. The van der Waals surface area contributed by atoms with E-state index in [1.807, 2.05) is 0 Å². The van der Waals surface area contributed by atoms with Crippen molar-refractivity contribution in [3.63, 3.8) is 0 Å². The van der Waals surface area contributed by atoms with Crippen LogP contribution in [0.5, 0.6) is 0 Å². The van der Waals surface area contributed by atoms with E-state index in [4.69, 9.17) is 0 Å². The summed E-state index contributed by atoms with van der Waals surface area (Å²) in [7, 11) is 0. The van der Waals surface area contributed by atoms with Crippen molar-refractivity contribution < 1.29 is 0 Å². The molecule has 1 aliphatic heterocycles. The highest BCUT2D eigenvalue weighted by molar-refractivity contribution is 4.90. The van der Waals surface area contributed by atoms with Gasteiger partial charge < -0.3 is 5.32 Å².